The maximum absolute atomic E-state index is 11.6. The van der Waals surface area contributed by atoms with Gasteiger partial charge in [0.25, 0.3) is 0 Å². The Kier molecular flexibility index (Phi) is 4.07. The van der Waals surface area contributed by atoms with Gasteiger partial charge in [-0.1, -0.05) is 0 Å². The highest BCUT2D eigenvalue weighted by Gasteiger charge is 2.16. The van der Waals surface area contributed by atoms with Gasteiger partial charge in [-0.15, -0.1) is 0 Å². The molecule has 1 aromatic heterocycles. The molecule has 0 aliphatic rings. The number of nitrogens with zero attached hydrogens (tertiary/aromatic N) is 1. The average Bonchev–Trinajstić information content (AvgIpc) is 2.01. The van der Waals surface area contributed by atoms with Crippen LogP contribution in [-0.4, -0.2) is 17.1 Å². The molecule has 0 aliphatic heterocycles. The summed E-state index contributed by atoms with van der Waals surface area (Å²) in [5.41, 5.74) is 0.466. The molecule has 0 saturated carbocycles. The van der Waals surface area contributed by atoms with Gasteiger partial charge in [0.05, 0.1) is 20.6 Å². The first-order chi connectivity index (χ1) is 6.52. The van der Waals surface area contributed by atoms with Crippen molar-refractivity contribution in [3.63, 3.8) is 0 Å². The molecule has 3 nitrogen and oxygen atoms in total. The molecule has 0 fully saturated rings. The Morgan fingerprint density at radius 1 is 1.36 bits per heavy atom. The summed E-state index contributed by atoms with van der Waals surface area (Å²) in [6, 6.07) is 0. The number of hydrogen-bond acceptors (Lipinski definition) is 3. The Labute approximate surface area is 99.1 Å². The molecule has 0 unspecified atom stereocenters. The molecule has 14 heavy (non-hydrogen) atoms. The van der Waals surface area contributed by atoms with Crippen LogP contribution in [0.5, 0.6) is 0 Å². The van der Waals surface area contributed by atoms with Crippen molar-refractivity contribution in [1.82, 2.24) is 4.98 Å². The first kappa shape index (κ1) is 11.7. The quantitative estimate of drug-likeness (QED) is 0.785. The lowest BCUT2D eigenvalue weighted by Crippen LogP contribution is -2.12. The minimum Gasteiger partial charge on any atom is -0.459 e. The van der Waals surface area contributed by atoms with Gasteiger partial charge in [-0.2, -0.15) is 0 Å². The number of esters is 1. The van der Waals surface area contributed by atoms with Crippen LogP contribution in [0.1, 0.15) is 24.2 Å². The molecule has 0 saturated heterocycles. The van der Waals surface area contributed by atoms with E-state index in [0.29, 0.717) is 14.5 Å². The molecule has 0 spiro atoms. The van der Waals surface area contributed by atoms with E-state index in [1.54, 1.807) is 26.2 Å². The zero-order valence-corrected chi connectivity index (χ0v) is 10.9. The second kappa shape index (κ2) is 4.89. The number of carbonyl (C=O) groups excluding carboxylic acids is 1. The molecule has 0 amide bonds. The molecule has 0 atom stereocenters. The molecule has 0 aromatic carbocycles. The van der Waals surface area contributed by atoms with E-state index < -0.39 is 0 Å². The maximum Gasteiger partial charge on any atom is 0.340 e. The number of halogens is 2. The third-order valence-electron chi connectivity index (χ3n) is 1.40. The van der Waals surface area contributed by atoms with Crippen molar-refractivity contribution in [1.29, 1.82) is 0 Å². The van der Waals surface area contributed by atoms with Crippen LogP contribution in [0.2, 0.25) is 0 Å². The zero-order valence-electron chi connectivity index (χ0n) is 7.75. The highest BCUT2D eigenvalue weighted by Crippen LogP contribution is 2.24. The average molecular weight is 323 g/mol. The van der Waals surface area contributed by atoms with Crippen molar-refractivity contribution in [3.05, 3.63) is 26.9 Å². The molecular weight excluding hydrogens is 314 g/mol. The van der Waals surface area contributed by atoms with E-state index in [2.05, 4.69) is 36.8 Å². The lowest BCUT2D eigenvalue weighted by Gasteiger charge is -2.09. The van der Waals surface area contributed by atoms with Gasteiger partial charge in [0, 0.05) is 12.4 Å². The third kappa shape index (κ3) is 2.78. The minimum absolute atomic E-state index is 0.130. The van der Waals surface area contributed by atoms with Crippen molar-refractivity contribution in [2.75, 3.05) is 0 Å². The Balaban J connectivity index is 3.00. The van der Waals surface area contributed by atoms with Crippen molar-refractivity contribution >= 4 is 37.8 Å². The third-order valence-corrected chi connectivity index (χ3v) is 2.60. The van der Waals surface area contributed by atoms with Crippen LogP contribution in [0.15, 0.2) is 21.3 Å². The van der Waals surface area contributed by atoms with Crippen LogP contribution in [-0.2, 0) is 4.74 Å². The lowest BCUT2D eigenvalue weighted by molar-refractivity contribution is 0.0375. The largest absolute Gasteiger partial charge is 0.459 e. The summed E-state index contributed by atoms with van der Waals surface area (Å²) < 4.78 is 6.32. The summed E-state index contributed by atoms with van der Waals surface area (Å²) >= 11 is 6.49. The van der Waals surface area contributed by atoms with Crippen LogP contribution < -0.4 is 0 Å². The van der Waals surface area contributed by atoms with Crippen LogP contribution in [0.4, 0.5) is 0 Å². The van der Waals surface area contributed by atoms with Gasteiger partial charge >= 0.3 is 5.97 Å². The van der Waals surface area contributed by atoms with Crippen molar-refractivity contribution < 1.29 is 9.53 Å². The Morgan fingerprint density at radius 3 is 2.29 bits per heavy atom. The standard InChI is InChI=1S/C9H9Br2NO2/c1-5(2)14-9(13)8-6(10)3-12-4-7(8)11/h3-5H,1-2H3. The lowest BCUT2D eigenvalue weighted by atomic mass is 10.3. The summed E-state index contributed by atoms with van der Waals surface area (Å²) in [6.07, 6.45) is 2.98. The molecule has 0 N–H and O–H groups in total. The van der Waals surface area contributed by atoms with Gasteiger partial charge in [-0.25, -0.2) is 4.79 Å². The van der Waals surface area contributed by atoms with Crippen molar-refractivity contribution in [2.45, 2.75) is 20.0 Å². The molecule has 1 rings (SSSR count). The monoisotopic (exact) mass is 321 g/mol. The van der Waals surface area contributed by atoms with E-state index in [9.17, 15) is 4.79 Å². The second-order valence-corrected chi connectivity index (χ2v) is 4.64. The fourth-order valence-corrected chi connectivity index (χ4v) is 2.13. The predicted octanol–water partition coefficient (Wildman–Crippen LogP) is 3.17. The van der Waals surface area contributed by atoms with E-state index in [4.69, 9.17) is 4.74 Å². The molecule has 0 radical (unpaired) electrons. The summed E-state index contributed by atoms with van der Waals surface area (Å²) in [7, 11) is 0. The predicted molar refractivity (Wildman–Crippen MR) is 60.2 cm³/mol. The first-order valence-corrected chi connectivity index (χ1v) is 5.61. The number of rotatable bonds is 2. The van der Waals surface area contributed by atoms with Crippen molar-refractivity contribution in [3.8, 4) is 0 Å². The Bertz CT molecular complexity index is 332. The summed E-state index contributed by atoms with van der Waals surface area (Å²) in [5, 5.41) is 0. The van der Waals surface area contributed by atoms with E-state index >= 15 is 0 Å². The van der Waals surface area contributed by atoms with E-state index in [1.807, 2.05) is 0 Å². The van der Waals surface area contributed by atoms with Crippen LogP contribution >= 0.6 is 31.9 Å². The molecule has 1 aromatic rings. The second-order valence-electron chi connectivity index (χ2n) is 2.93. The van der Waals surface area contributed by atoms with Crippen LogP contribution in [0.25, 0.3) is 0 Å². The maximum atomic E-state index is 11.6. The van der Waals surface area contributed by atoms with Gasteiger partial charge in [0.15, 0.2) is 0 Å². The fraction of sp³-hybridized carbons (Fsp3) is 0.333. The molecule has 0 aliphatic carbocycles. The number of hydrogen-bond donors (Lipinski definition) is 0. The van der Waals surface area contributed by atoms with Gasteiger partial charge in [-0.05, 0) is 45.7 Å². The van der Waals surface area contributed by atoms with Gasteiger partial charge in [-0.3, -0.25) is 4.98 Å². The zero-order chi connectivity index (χ0) is 10.7. The summed E-state index contributed by atoms with van der Waals surface area (Å²) in [4.78, 5) is 15.5. The first-order valence-electron chi connectivity index (χ1n) is 4.02. The Hall–Kier alpha value is -0.420. The Morgan fingerprint density at radius 2 is 1.86 bits per heavy atom. The molecular formula is C9H9Br2NO2. The summed E-state index contributed by atoms with van der Waals surface area (Å²) in [5.74, 6) is -0.360. The normalized spacial score (nSPS) is 10.4. The SMILES string of the molecule is CC(C)OC(=O)c1c(Br)cncc1Br. The van der Waals surface area contributed by atoms with Gasteiger partial charge in [0.2, 0.25) is 0 Å². The van der Waals surface area contributed by atoms with E-state index in [0.717, 1.165) is 0 Å². The molecule has 1 heterocycles. The van der Waals surface area contributed by atoms with Gasteiger partial charge in [0.1, 0.15) is 0 Å². The van der Waals surface area contributed by atoms with E-state index in [1.165, 1.54) is 0 Å². The molecule has 76 valence electrons. The number of carbonyl (C=O) groups is 1. The van der Waals surface area contributed by atoms with Crippen LogP contribution in [0.3, 0.4) is 0 Å². The minimum atomic E-state index is -0.360. The van der Waals surface area contributed by atoms with Gasteiger partial charge < -0.3 is 4.74 Å². The fourth-order valence-electron chi connectivity index (χ4n) is 0.879. The van der Waals surface area contributed by atoms with Crippen molar-refractivity contribution in [2.24, 2.45) is 0 Å². The molecule has 5 heteroatoms. The number of pyridine rings is 1. The highest BCUT2D eigenvalue weighted by molar-refractivity contribution is 9.11. The highest BCUT2D eigenvalue weighted by atomic mass is 79.9. The smallest absolute Gasteiger partial charge is 0.340 e. The number of aromatic nitrogens is 1. The summed E-state index contributed by atoms with van der Waals surface area (Å²) in [6.45, 7) is 3.61. The van der Waals surface area contributed by atoms with Crippen LogP contribution in [0, 0.1) is 0 Å². The topological polar surface area (TPSA) is 39.2 Å². The number of ether oxygens (including phenoxy) is 1. The molecule has 0 bridgehead atoms. The van der Waals surface area contributed by atoms with E-state index in [-0.39, 0.29) is 12.1 Å².